The first-order valence-electron chi connectivity index (χ1n) is 8.94. The van der Waals surface area contributed by atoms with E-state index in [1.807, 2.05) is 24.3 Å². The summed E-state index contributed by atoms with van der Waals surface area (Å²) in [5.74, 6) is 0.838. The Morgan fingerprint density at radius 3 is 2.29 bits per heavy atom. The average molecular weight is 393 g/mol. The Morgan fingerprint density at radius 1 is 1.04 bits per heavy atom. The van der Waals surface area contributed by atoms with Crippen molar-refractivity contribution in [3.8, 4) is 5.75 Å². The second kappa shape index (κ2) is 8.52. The highest BCUT2D eigenvalue weighted by molar-refractivity contribution is 5.89. The van der Waals surface area contributed by atoms with Crippen molar-refractivity contribution in [1.82, 2.24) is 9.80 Å². The highest BCUT2D eigenvalue weighted by Gasteiger charge is 2.30. The van der Waals surface area contributed by atoms with E-state index in [-0.39, 0.29) is 6.03 Å². The highest BCUT2D eigenvalue weighted by Crippen LogP contribution is 2.29. The molecule has 0 unspecified atom stereocenters. The zero-order valence-corrected chi connectivity index (χ0v) is 15.5. The van der Waals surface area contributed by atoms with Crippen molar-refractivity contribution in [2.45, 2.75) is 12.7 Å². The third-order valence-corrected chi connectivity index (χ3v) is 4.71. The molecule has 28 heavy (non-hydrogen) atoms. The number of piperazine rings is 1. The Kier molecular flexibility index (Phi) is 6.08. The minimum Gasteiger partial charge on any atom is -0.496 e. The van der Waals surface area contributed by atoms with Crippen LogP contribution in [-0.2, 0) is 12.7 Å². The van der Waals surface area contributed by atoms with Crippen LogP contribution in [0.3, 0.4) is 0 Å². The minimum absolute atomic E-state index is 0.309. The molecule has 2 amide bonds. The van der Waals surface area contributed by atoms with E-state index in [1.165, 1.54) is 12.1 Å². The fraction of sp³-hybridized carbons (Fsp3) is 0.350. The molecule has 150 valence electrons. The number of ether oxygens (including phenoxy) is 1. The van der Waals surface area contributed by atoms with Crippen molar-refractivity contribution in [3.05, 3.63) is 59.7 Å². The third-order valence-electron chi connectivity index (χ3n) is 4.71. The lowest BCUT2D eigenvalue weighted by Gasteiger charge is -2.34. The minimum atomic E-state index is -4.39. The topological polar surface area (TPSA) is 44.8 Å². The molecule has 0 aromatic heterocycles. The second-order valence-corrected chi connectivity index (χ2v) is 6.58. The molecule has 2 aromatic rings. The summed E-state index contributed by atoms with van der Waals surface area (Å²) in [5.41, 5.74) is 0.692. The number of alkyl halides is 3. The lowest BCUT2D eigenvalue weighted by atomic mass is 10.1. The van der Waals surface area contributed by atoms with Crippen LogP contribution in [0.5, 0.6) is 5.75 Å². The van der Waals surface area contributed by atoms with Gasteiger partial charge in [0.2, 0.25) is 0 Å². The predicted octanol–water partition coefficient (Wildman–Crippen LogP) is 4.06. The highest BCUT2D eigenvalue weighted by atomic mass is 19.4. The number of para-hydroxylation sites is 1. The van der Waals surface area contributed by atoms with E-state index >= 15 is 0 Å². The van der Waals surface area contributed by atoms with E-state index in [0.717, 1.165) is 30.0 Å². The number of carbonyl (C=O) groups excluding carboxylic acids is 1. The largest absolute Gasteiger partial charge is 0.496 e. The lowest BCUT2D eigenvalue weighted by molar-refractivity contribution is -0.137. The number of benzene rings is 2. The van der Waals surface area contributed by atoms with Gasteiger partial charge < -0.3 is 15.0 Å². The van der Waals surface area contributed by atoms with Crippen LogP contribution < -0.4 is 10.1 Å². The summed E-state index contributed by atoms with van der Waals surface area (Å²) in [6, 6.07) is 12.0. The average Bonchev–Trinajstić information content (AvgIpc) is 2.68. The first-order chi connectivity index (χ1) is 13.4. The molecule has 5 nitrogen and oxygen atoms in total. The number of nitrogens with one attached hydrogen (secondary N) is 1. The predicted molar refractivity (Wildman–Crippen MR) is 100 cm³/mol. The molecule has 1 N–H and O–H groups in total. The van der Waals surface area contributed by atoms with Crippen LogP contribution in [0, 0.1) is 0 Å². The van der Waals surface area contributed by atoms with Gasteiger partial charge >= 0.3 is 12.2 Å². The van der Waals surface area contributed by atoms with E-state index in [0.29, 0.717) is 31.9 Å². The van der Waals surface area contributed by atoms with Gasteiger partial charge in [0.25, 0.3) is 0 Å². The standard InChI is InChI=1S/C20H22F3N3O2/c1-28-18-5-3-2-4-15(18)14-25-10-12-26(13-11-25)19(27)24-17-8-6-16(7-9-17)20(21,22)23/h2-9H,10-14H2,1H3,(H,24,27). The van der Waals surface area contributed by atoms with Gasteiger partial charge in [-0.1, -0.05) is 18.2 Å². The third kappa shape index (κ3) is 4.95. The zero-order valence-electron chi connectivity index (χ0n) is 15.5. The molecule has 1 aliphatic heterocycles. The summed E-state index contributed by atoms with van der Waals surface area (Å²) in [5, 5.41) is 2.65. The van der Waals surface area contributed by atoms with Crippen molar-refractivity contribution in [3.63, 3.8) is 0 Å². The molecule has 3 rings (SSSR count). The van der Waals surface area contributed by atoms with Crippen LogP contribution in [0.1, 0.15) is 11.1 Å². The molecule has 0 aliphatic carbocycles. The molecule has 0 atom stereocenters. The van der Waals surface area contributed by atoms with E-state index in [1.54, 1.807) is 12.0 Å². The number of hydrogen-bond acceptors (Lipinski definition) is 3. The maximum absolute atomic E-state index is 12.6. The van der Waals surface area contributed by atoms with Gasteiger partial charge in [-0.15, -0.1) is 0 Å². The van der Waals surface area contributed by atoms with Gasteiger partial charge in [-0.25, -0.2) is 4.79 Å². The van der Waals surface area contributed by atoms with E-state index in [9.17, 15) is 18.0 Å². The van der Waals surface area contributed by atoms with Crippen LogP contribution >= 0.6 is 0 Å². The Balaban J connectivity index is 1.51. The summed E-state index contributed by atoms with van der Waals surface area (Å²) in [6.07, 6.45) is -4.39. The van der Waals surface area contributed by atoms with E-state index in [2.05, 4.69) is 10.2 Å². The Morgan fingerprint density at radius 2 is 1.68 bits per heavy atom. The van der Waals surface area contributed by atoms with Crippen molar-refractivity contribution >= 4 is 11.7 Å². The lowest BCUT2D eigenvalue weighted by Crippen LogP contribution is -2.49. The van der Waals surface area contributed by atoms with Crippen LogP contribution in [0.4, 0.5) is 23.7 Å². The fourth-order valence-electron chi connectivity index (χ4n) is 3.13. The molecular weight excluding hydrogens is 371 g/mol. The summed E-state index contributed by atoms with van der Waals surface area (Å²) >= 11 is 0. The molecule has 1 aliphatic rings. The fourth-order valence-corrected chi connectivity index (χ4v) is 3.13. The number of urea groups is 1. The SMILES string of the molecule is COc1ccccc1CN1CCN(C(=O)Nc2ccc(C(F)(F)F)cc2)CC1. The first kappa shape index (κ1) is 20.0. The summed E-state index contributed by atoms with van der Waals surface area (Å²) < 4.78 is 43.2. The van der Waals surface area contributed by atoms with Gasteiger partial charge in [-0.05, 0) is 30.3 Å². The van der Waals surface area contributed by atoms with Gasteiger partial charge in [-0.2, -0.15) is 13.2 Å². The number of methoxy groups -OCH3 is 1. The number of anilines is 1. The van der Waals surface area contributed by atoms with Gasteiger partial charge in [0.1, 0.15) is 5.75 Å². The van der Waals surface area contributed by atoms with Crippen molar-refractivity contribution in [1.29, 1.82) is 0 Å². The molecule has 0 radical (unpaired) electrons. The molecule has 0 saturated carbocycles. The smallest absolute Gasteiger partial charge is 0.416 e. The van der Waals surface area contributed by atoms with Gasteiger partial charge in [0.15, 0.2) is 0 Å². The molecule has 0 bridgehead atoms. The summed E-state index contributed by atoms with van der Waals surface area (Å²) in [4.78, 5) is 16.3. The molecule has 1 fully saturated rings. The van der Waals surface area contributed by atoms with Gasteiger partial charge in [-0.3, -0.25) is 4.90 Å². The van der Waals surface area contributed by atoms with Gasteiger partial charge in [0.05, 0.1) is 12.7 Å². The molecule has 8 heteroatoms. The summed E-state index contributed by atoms with van der Waals surface area (Å²) in [7, 11) is 1.64. The molecule has 0 spiro atoms. The second-order valence-electron chi connectivity index (χ2n) is 6.58. The van der Waals surface area contributed by atoms with E-state index in [4.69, 9.17) is 4.74 Å². The van der Waals surface area contributed by atoms with Crippen LogP contribution in [-0.4, -0.2) is 49.1 Å². The number of amides is 2. The zero-order chi connectivity index (χ0) is 20.1. The number of carbonyl (C=O) groups is 1. The monoisotopic (exact) mass is 393 g/mol. The maximum atomic E-state index is 12.6. The summed E-state index contributed by atoms with van der Waals surface area (Å²) in [6.45, 7) is 3.23. The quantitative estimate of drug-likeness (QED) is 0.852. The molecule has 2 aromatic carbocycles. The van der Waals surface area contributed by atoms with E-state index < -0.39 is 11.7 Å². The Bertz CT molecular complexity index is 801. The maximum Gasteiger partial charge on any atom is 0.416 e. The van der Waals surface area contributed by atoms with Crippen molar-refractivity contribution in [2.24, 2.45) is 0 Å². The van der Waals surface area contributed by atoms with Gasteiger partial charge in [0, 0.05) is 44.0 Å². The van der Waals surface area contributed by atoms with Crippen molar-refractivity contribution in [2.75, 3.05) is 38.6 Å². The Labute approximate surface area is 161 Å². The number of nitrogens with zero attached hydrogens (tertiary/aromatic N) is 2. The molecule has 1 saturated heterocycles. The van der Waals surface area contributed by atoms with Crippen LogP contribution in [0.25, 0.3) is 0 Å². The number of hydrogen-bond donors (Lipinski definition) is 1. The number of rotatable bonds is 4. The Hall–Kier alpha value is -2.74. The van der Waals surface area contributed by atoms with Crippen LogP contribution in [0.15, 0.2) is 48.5 Å². The van der Waals surface area contributed by atoms with Crippen molar-refractivity contribution < 1.29 is 22.7 Å². The molecule has 1 heterocycles. The first-order valence-corrected chi connectivity index (χ1v) is 8.94. The number of halogens is 3. The molecular formula is C20H22F3N3O2. The van der Waals surface area contributed by atoms with Crippen LogP contribution in [0.2, 0.25) is 0 Å². The normalized spacial score (nSPS) is 15.4.